The molecule has 0 fully saturated rings. The van der Waals surface area contributed by atoms with Crippen molar-refractivity contribution >= 4 is 11.9 Å². The molecule has 2 N–H and O–H groups in total. The van der Waals surface area contributed by atoms with E-state index in [4.69, 9.17) is 9.84 Å². The molecule has 1 rings (SSSR count). The Labute approximate surface area is 125 Å². The Morgan fingerprint density at radius 2 is 1.90 bits per heavy atom. The number of carbonyl (C=O) groups is 2. The van der Waals surface area contributed by atoms with E-state index in [-0.39, 0.29) is 18.7 Å². The highest BCUT2D eigenvalue weighted by molar-refractivity contribution is 5.80. The second-order valence-electron chi connectivity index (χ2n) is 4.84. The van der Waals surface area contributed by atoms with E-state index in [9.17, 15) is 9.59 Å². The van der Waals surface area contributed by atoms with Crippen molar-refractivity contribution in [2.75, 3.05) is 13.2 Å². The summed E-state index contributed by atoms with van der Waals surface area (Å²) >= 11 is 0. The van der Waals surface area contributed by atoms with E-state index in [0.29, 0.717) is 13.0 Å². The topological polar surface area (TPSA) is 75.6 Å². The van der Waals surface area contributed by atoms with E-state index in [2.05, 4.69) is 12.2 Å². The minimum atomic E-state index is -0.955. The van der Waals surface area contributed by atoms with Gasteiger partial charge in [0.25, 0.3) is 0 Å². The lowest BCUT2D eigenvalue weighted by Crippen LogP contribution is -2.25. The standard InChI is InChI=1S/C16H23NO4/c1-2-3-12-21-14-6-4-13(5-7-14)10-11-17-15(18)8-9-16(19)20/h4-7H,2-3,8-12H2,1H3,(H,17,18)(H,19,20). The number of amides is 1. The van der Waals surface area contributed by atoms with Gasteiger partial charge >= 0.3 is 5.97 Å². The van der Waals surface area contributed by atoms with Gasteiger partial charge in [0.2, 0.25) is 5.91 Å². The first-order chi connectivity index (χ1) is 10.1. The van der Waals surface area contributed by atoms with Crippen LogP contribution in [0, 0.1) is 0 Å². The van der Waals surface area contributed by atoms with Crippen molar-refractivity contribution < 1.29 is 19.4 Å². The molecule has 21 heavy (non-hydrogen) atoms. The number of hydrogen-bond acceptors (Lipinski definition) is 3. The third kappa shape index (κ3) is 7.97. The SMILES string of the molecule is CCCCOc1ccc(CCNC(=O)CCC(=O)O)cc1. The highest BCUT2D eigenvalue weighted by Gasteiger charge is 2.04. The molecule has 0 aromatic heterocycles. The first kappa shape index (κ1) is 17.0. The fourth-order valence-electron chi connectivity index (χ4n) is 1.74. The first-order valence-corrected chi connectivity index (χ1v) is 7.32. The van der Waals surface area contributed by atoms with Gasteiger partial charge in [-0.15, -0.1) is 0 Å². The number of nitrogens with one attached hydrogen (secondary N) is 1. The van der Waals surface area contributed by atoms with Gasteiger partial charge in [-0.2, -0.15) is 0 Å². The van der Waals surface area contributed by atoms with E-state index in [1.54, 1.807) is 0 Å². The summed E-state index contributed by atoms with van der Waals surface area (Å²) in [4.78, 5) is 21.7. The zero-order valence-corrected chi connectivity index (χ0v) is 12.4. The molecule has 0 radical (unpaired) electrons. The van der Waals surface area contributed by atoms with E-state index >= 15 is 0 Å². The van der Waals surface area contributed by atoms with Gasteiger partial charge in [-0.3, -0.25) is 9.59 Å². The van der Waals surface area contributed by atoms with Crippen LogP contribution in [0.25, 0.3) is 0 Å². The summed E-state index contributed by atoms with van der Waals surface area (Å²) in [7, 11) is 0. The van der Waals surface area contributed by atoms with Crippen LogP contribution in [0.4, 0.5) is 0 Å². The van der Waals surface area contributed by atoms with Gasteiger partial charge < -0.3 is 15.2 Å². The highest BCUT2D eigenvalue weighted by Crippen LogP contribution is 2.12. The lowest BCUT2D eigenvalue weighted by atomic mass is 10.1. The van der Waals surface area contributed by atoms with E-state index in [0.717, 1.165) is 30.8 Å². The Balaban J connectivity index is 2.23. The summed E-state index contributed by atoms with van der Waals surface area (Å²) in [6.07, 6.45) is 2.77. The van der Waals surface area contributed by atoms with Crippen LogP contribution in [0.3, 0.4) is 0 Å². The van der Waals surface area contributed by atoms with Crippen molar-refractivity contribution in [2.24, 2.45) is 0 Å². The van der Waals surface area contributed by atoms with Crippen LogP contribution in [-0.4, -0.2) is 30.1 Å². The van der Waals surface area contributed by atoms with Crippen molar-refractivity contribution in [3.63, 3.8) is 0 Å². The number of carboxylic acids is 1. The largest absolute Gasteiger partial charge is 0.494 e. The molecule has 0 saturated carbocycles. The molecule has 0 aliphatic rings. The van der Waals surface area contributed by atoms with Crippen LogP contribution < -0.4 is 10.1 Å². The fourth-order valence-corrected chi connectivity index (χ4v) is 1.74. The molecule has 0 heterocycles. The number of carbonyl (C=O) groups excluding carboxylic acids is 1. The van der Waals surface area contributed by atoms with Crippen molar-refractivity contribution in [1.29, 1.82) is 0 Å². The van der Waals surface area contributed by atoms with Gasteiger partial charge in [0.1, 0.15) is 5.75 Å². The number of ether oxygens (including phenoxy) is 1. The second kappa shape index (κ2) is 9.80. The predicted octanol–water partition coefficient (Wildman–Crippen LogP) is 2.39. The van der Waals surface area contributed by atoms with Crippen molar-refractivity contribution in [2.45, 2.75) is 39.0 Å². The summed E-state index contributed by atoms with van der Waals surface area (Å²) in [5, 5.41) is 11.2. The smallest absolute Gasteiger partial charge is 0.303 e. The Morgan fingerprint density at radius 1 is 1.19 bits per heavy atom. The Kier molecular flexibility index (Phi) is 7.94. The molecule has 1 aromatic rings. The second-order valence-corrected chi connectivity index (χ2v) is 4.84. The number of carboxylic acid groups (broad SMARTS) is 1. The fraction of sp³-hybridized carbons (Fsp3) is 0.500. The van der Waals surface area contributed by atoms with Gasteiger partial charge in [0.05, 0.1) is 13.0 Å². The van der Waals surface area contributed by atoms with Crippen LogP contribution in [0.2, 0.25) is 0 Å². The number of unbranched alkanes of at least 4 members (excludes halogenated alkanes) is 1. The van der Waals surface area contributed by atoms with Gasteiger partial charge in [0.15, 0.2) is 0 Å². The quantitative estimate of drug-likeness (QED) is 0.649. The normalized spacial score (nSPS) is 10.1. The molecule has 116 valence electrons. The minimum absolute atomic E-state index is 0.0273. The molecule has 0 unspecified atom stereocenters. The third-order valence-electron chi connectivity index (χ3n) is 2.99. The van der Waals surface area contributed by atoms with Crippen molar-refractivity contribution in [1.82, 2.24) is 5.32 Å². The average molecular weight is 293 g/mol. The third-order valence-corrected chi connectivity index (χ3v) is 2.99. The number of rotatable bonds is 10. The van der Waals surface area contributed by atoms with Gasteiger partial charge in [-0.1, -0.05) is 25.5 Å². The van der Waals surface area contributed by atoms with E-state index in [1.165, 1.54) is 0 Å². The highest BCUT2D eigenvalue weighted by atomic mass is 16.5. The number of benzene rings is 1. The molecule has 0 aliphatic heterocycles. The molecule has 0 aliphatic carbocycles. The Bertz CT molecular complexity index is 442. The molecule has 0 spiro atoms. The predicted molar refractivity (Wildman–Crippen MR) is 80.4 cm³/mol. The van der Waals surface area contributed by atoms with Crippen LogP contribution in [-0.2, 0) is 16.0 Å². The molecule has 0 atom stereocenters. The molecule has 0 saturated heterocycles. The van der Waals surface area contributed by atoms with Crippen molar-refractivity contribution in [3.8, 4) is 5.75 Å². The van der Waals surface area contributed by atoms with Crippen LogP contribution in [0.15, 0.2) is 24.3 Å². The summed E-state index contributed by atoms with van der Waals surface area (Å²) < 4.78 is 5.57. The zero-order valence-electron chi connectivity index (χ0n) is 12.4. The van der Waals surface area contributed by atoms with Gasteiger partial charge in [0, 0.05) is 13.0 Å². The summed E-state index contributed by atoms with van der Waals surface area (Å²) in [5.74, 6) is -0.321. The van der Waals surface area contributed by atoms with Crippen LogP contribution >= 0.6 is 0 Å². The van der Waals surface area contributed by atoms with Gasteiger partial charge in [-0.25, -0.2) is 0 Å². The Morgan fingerprint density at radius 3 is 2.52 bits per heavy atom. The maximum Gasteiger partial charge on any atom is 0.303 e. The molecular weight excluding hydrogens is 270 g/mol. The molecule has 5 nitrogen and oxygen atoms in total. The lowest BCUT2D eigenvalue weighted by Gasteiger charge is -2.07. The number of aliphatic carboxylic acids is 1. The first-order valence-electron chi connectivity index (χ1n) is 7.32. The zero-order chi connectivity index (χ0) is 15.5. The minimum Gasteiger partial charge on any atom is -0.494 e. The Hall–Kier alpha value is -2.04. The molecule has 0 bridgehead atoms. The lowest BCUT2D eigenvalue weighted by molar-refractivity contribution is -0.138. The molecule has 1 amide bonds. The van der Waals surface area contributed by atoms with Crippen LogP contribution in [0.5, 0.6) is 5.75 Å². The molecule has 1 aromatic carbocycles. The van der Waals surface area contributed by atoms with E-state index < -0.39 is 5.97 Å². The summed E-state index contributed by atoms with van der Waals surface area (Å²) in [5.41, 5.74) is 1.11. The summed E-state index contributed by atoms with van der Waals surface area (Å²) in [6, 6.07) is 7.81. The van der Waals surface area contributed by atoms with Crippen molar-refractivity contribution in [3.05, 3.63) is 29.8 Å². The van der Waals surface area contributed by atoms with Crippen LogP contribution in [0.1, 0.15) is 38.2 Å². The maximum absolute atomic E-state index is 11.3. The monoisotopic (exact) mass is 293 g/mol. The molecular formula is C16H23NO4. The summed E-state index contributed by atoms with van der Waals surface area (Å²) in [6.45, 7) is 3.36. The van der Waals surface area contributed by atoms with E-state index in [1.807, 2.05) is 24.3 Å². The van der Waals surface area contributed by atoms with Gasteiger partial charge in [-0.05, 0) is 30.5 Å². The maximum atomic E-state index is 11.3. The number of hydrogen-bond donors (Lipinski definition) is 2. The average Bonchev–Trinajstić information content (AvgIpc) is 2.47. The molecule has 5 heteroatoms.